The number of anilines is 1. The molecule has 1 aromatic carbocycles. The Balaban J connectivity index is 2.94. The Labute approximate surface area is 94.3 Å². The molecule has 0 fully saturated rings. The minimum absolute atomic E-state index is 0.0904. The molecule has 3 N–H and O–H groups in total. The second-order valence-corrected chi connectivity index (χ2v) is 3.25. The van der Waals surface area contributed by atoms with Gasteiger partial charge in [0.05, 0.1) is 12.7 Å². The van der Waals surface area contributed by atoms with Crippen LogP contribution in [0.25, 0.3) is 6.08 Å². The lowest BCUT2D eigenvalue weighted by Crippen LogP contribution is -2.02. The number of carbonyl (C=O) groups is 1. The highest BCUT2D eigenvalue weighted by Gasteiger charge is 2.06. The van der Waals surface area contributed by atoms with Crippen LogP contribution in [0.3, 0.4) is 0 Å². The normalized spacial score (nSPS) is 10.6. The number of carbonyl (C=O) groups excluding carboxylic acids is 1. The van der Waals surface area contributed by atoms with Crippen molar-refractivity contribution < 1.29 is 14.6 Å². The van der Waals surface area contributed by atoms with Gasteiger partial charge in [0.1, 0.15) is 0 Å². The highest BCUT2D eigenvalue weighted by molar-refractivity contribution is 5.91. The number of nitrogens with two attached hydrogens (primary N) is 1. The molecule has 0 saturated heterocycles. The van der Waals surface area contributed by atoms with Crippen LogP contribution in [-0.2, 0) is 4.74 Å². The summed E-state index contributed by atoms with van der Waals surface area (Å²) < 4.78 is 4.61. The van der Waals surface area contributed by atoms with Crippen molar-refractivity contribution in [2.24, 2.45) is 0 Å². The maximum absolute atomic E-state index is 11.3. The molecule has 0 unspecified atom stereocenters. The number of esters is 1. The second kappa shape index (κ2) is 5.92. The molecule has 0 spiro atoms. The van der Waals surface area contributed by atoms with Crippen molar-refractivity contribution in [3.8, 4) is 0 Å². The quantitative estimate of drug-likeness (QED) is 0.596. The van der Waals surface area contributed by atoms with E-state index in [9.17, 15) is 4.79 Å². The Morgan fingerprint density at radius 1 is 1.56 bits per heavy atom. The maximum atomic E-state index is 11.3. The van der Waals surface area contributed by atoms with Gasteiger partial charge in [-0.1, -0.05) is 12.2 Å². The van der Waals surface area contributed by atoms with Gasteiger partial charge in [-0.05, 0) is 30.2 Å². The molecule has 16 heavy (non-hydrogen) atoms. The number of ether oxygens (including phenoxy) is 1. The lowest BCUT2D eigenvalue weighted by Gasteiger charge is -2.03. The van der Waals surface area contributed by atoms with E-state index in [0.29, 0.717) is 17.7 Å². The summed E-state index contributed by atoms with van der Waals surface area (Å²) in [5.74, 6) is -0.392. The maximum Gasteiger partial charge on any atom is 0.337 e. The summed E-state index contributed by atoms with van der Waals surface area (Å²) in [7, 11) is 1.33. The number of benzene rings is 1. The molecule has 1 aromatic rings. The summed E-state index contributed by atoms with van der Waals surface area (Å²) in [6.07, 6.45) is 4.13. The average Bonchev–Trinajstić information content (AvgIpc) is 2.31. The lowest BCUT2D eigenvalue weighted by atomic mass is 10.1. The van der Waals surface area contributed by atoms with Gasteiger partial charge >= 0.3 is 5.97 Å². The standard InChI is InChI=1S/C12H15NO3/c1-16-12(15)10-5-6-11(13)9(8-10)4-2-3-7-14/h2,4-6,8,14H,3,7,13H2,1H3. The van der Waals surface area contributed by atoms with Gasteiger partial charge in [-0.25, -0.2) is 4.79 Å². The third-order valence-electron chi connectivity index (χ3n) is 2.10. The van der Waals surface area contributed by atoms with E-state index in [1.807, 2.05) is 0 Å². The number of methoxy groups -OCH3 is 1. The van der Waals surface area contributed by atoms with Crippen molar-refractivity contribution in [2.45, 2.75) is 6.42 Å². The van der Waals surface area contributed by atoms with Crippen molar-refractivity contribution in [3.05, 3.63) is 35.4 Å². The molecule has 0 aliphatic rings. The summed E-state index contributed by atoms with van der Waals surface area (Å²) in [6, 6.07) is 4.93. The highest BCUT2D eigenvalue weighted by atomic mass is 16.5. The number of rotatable bonds is 4. The smallest absolute Gasteiger partial charge is 0.337 e. The molecule has 4 nitrogen and oxygen atoms in total. The largest absolute Gasteiger partial charge is 0.465 e. The Hall–Kier alpha value is -1.81. The van der Waals surface area contributed by atoms with Crippen molar-refractivity contribution in [3.63, 3.8) is 0 Å². The summed E-state index contributed by atoms with van der Waals surface area (Å²) >= 11 is 0. The fourth-order valence-electron chi connectivity index (χ4n) is 1.25. The molecule has 0 aliphatic carbocycles. The molecule has 0 atom stereocenters. The van der Waals surface area contributed by atoms with Crippen LogP contribution in [0.1, 0.15) is 22.3 Å². The molecular formula is C12H15NO3. The summed E-state index contributed by atoms with van der Waals surface area (Å²) in [5, 5.41) is 8.64. The third-order valence-corrected chi connectivity index (χ3v) is 2.10. The van der Waals surface area contributed by atoms with E-state index >= 15 is 0 Å². The minimum Gasteiger partial charge on any atom is -0.465 e. The van der Waals surface area contributed by atoms with E-state index in [-0.39, 0.29) is 6.61 Å². The van der Waals surface area contributed by atoms with Crippen LogP contribution in [0.5, 0.6) is 0 Å². The molecule has 0 bridgehead atoms. The Morgan fingerprint density at radius 3 is 2.94 bits per heavy atom. The second-order valence-electron chi connectivity index (χ2n) is 3.25. The topological polar surface area (TPSA) is 72.5 Å². The number of nitrogen functional groups attached to an aromatic ring is 1. The van der Waals surface area contributed by atoms with Crippen LogP contribution in [0.2, 0.25) is 0 Å². The summed E-state index contributed by atoms with van der Waals surface area (Å²) in [6.45, 7) is 0.0904. The Bertz CT molecular complexity index is 399. The van der Waals surface area contributed by atoms with Gasteiger partial charge in [0.2, 0.25) is 0 Å². The predicted molar refractivity (Wildman–Crippen MR) is 62.9 cm³/mol. The molecule has 1 rings (SSSR count). The van der Waals surface area contributed by atoms with Crippen LogP contribution in [-0.4, -0.2) is 24.8 Å². The molecule has 86 valence electrons. The van der Waals surface area contributed by atoms with E-state index in [0.717, 1.165) is 5.56 Å². The number of hydrogen-bond acceptors (Lipinski definition) is 4. The van der Waals surface area contributed by atoms with Crippen molar-refractivity contribution >= 4 is 17.7 Å². The zero-order valence-corrected chi connectivity index (χ0v) is 9.14. The monoisotopic (exact) mass is 221 g/mol. The molecule has 0 saturated carbocycles. The minimum atomic E-state index is -0.392. The third kappa shape index (κ3) is 3.10. The SMILES string of the molecule is COC(=O)c1ccc(N)c(C=CCCO)c1. The highest BCUT2D eigenvalue weighted by Crippen LogP contribution is 2.16. The zero-order chi connectivity index (χ0) is 12.0. The van der Waals surface area contributed by atoms with Crippen LogP contribution < -0.4 is 5.73 Å². The van der Waals surface area contributed by atoms with Crippen LogP contribution in [0, 0.1) is 0 Å². The molecule has 0 radical (unpaired) electrons. The fourth-order valence-corrected chi connectivity index (χ4v) is 1.25. The lowest BCUT2D eigenvalue weighted by molar-refractivity contribution is 0.0600. The van der Waals surface area contributed by atoms with E-state index in [4.69, 9.17) is 10.8 Å². The van der Waals surface area contributed by atoms with Gasteiger partial charge in [-0.3, -0.25) is 0 Å². The number of aliphatic hydroxyl groups is 1. The van der Waals surface area contributed by atoms with E-state index < -0.39 is 5.97 Å². The van der Waals surface area contributed by atoms with Crippen LogP contribution in [0.15, 0.2) is 24.3 Å². The first-order chi connectivity index (χ1) is 7.69. The van der Waals surface area contributed by atoms with Crippen molar-refractivity contribution in [1.29, 1.82) is 0 Å². The predicted octanol–water partition coefficient (Wildman–Crippen LogP) is 1.45. The molecular weight excluding hydrogens is 206 g/mol. The average molecular weight is 221 g/mol. The van der Waals surface area contributed by atoms with Gasteiger partial charge < -0.3 is 15.6 Å². The molecule has 0 amide bonds. The Morgan fingerprint density at radius 2 is 2.31 bits per heavy atom. The van der Waals surface area contributed by atoms with Crippen LogP contribution >= 0.6 is 0 Å². The first kappa shape index (κ1) is 12.3. The summed E-state index contributed by atoms with van der Waals surface area (Å²) in [4.78, 5) is 11.3. The molecule has 0 heterocycles. The molecule has 4 heteroatoms. The van der Waals surface area contributed by atoms with Gasteiger partial charge in [-0.15, -0.1) is 0 Å². The number of aliphatic hydroxyl groups excluding tert-OH is 1. The van der Waals surface area contributed by atoms with E-state index in [1.54, 1.807) is 30.4 Å². The van der Waals surface area contributed by atoms with Gasteiger partial charge in [0.25, 0.3) is 0 Å². The molecule has 0 aromatic heterocycles. The van der Waals surface area contributed by atoms with Gasteiger partial charge in [0.15, 0.2) is 0 Å². The number of hydrogen-bond donors (Lipinski definition) is 2. The van der Waals surface area contributed by atoms with Crippen molar-refractivity contribution in [1.82, 2.24) is 0 Å². The molecule has 0 aliphatic heterocycles. The van der Waals surface area contributed by atoms with E-state index in [1.165, 1.54) is 7.11 Å². The van der Waals surface area contributed by atoms with E-state index in [2.05, 4.69) is 4.74 Å². The first-order valence-electron chi connectivity index (χ1n) is 4.94. The van der Waals surface area contributed by atoms with Crippen LogP contribution in [0.4, 0.5) is 5.69 Å². The zero-order valence-electron chi connectivity index (χ0n) is 9.14. The summed E-state index contributed by atoms with van der Waals surface area (Å²) in [5.41, 5.74) is 7.54. The first-order valence-corrected chi connectivity index (χ1v) is 4.94. The fraction of sp³-hybridized carbons (Fsp3) is 0.250. The van der Waals surface area contributed by atoms with Crippen molar-refractivity contribution in [2.75, 3.05) is 19.5 Å². The van der Waals surface area contributed by atoms with Gasteiger partial charge in [-0.2, -0.15) is 0 Å². The van der Waals surface area contributed by atoms with Gasteiger partial charge in [0, 0.05) is 12.3 Å². The Kier molecular flexibility index (Phi) is 4.54.